The van der Waals surface area contributed by atoms with E-state index in [-0.39, 0.29) is 38.2 Å². The topological polar surface area (TPSA) is 88.1 Å². The molecule has 0 radical (unpaired) electrons. The van der Waals surface area contributed by atoms with Crippen LogP contribution in [0.2, 0.25) is 0 Å². The van der Waals surface area contributed by atoms with E-state index < -0.39 is 23.9 Å². The fourth-order valence-corrected chi connectivity index (χ4v) is 3.45. The van der Waals surface area contributed by atoms with Gasteiger partial charge in [0.15, 0.2) is 12.3 Å². The third kappa shape index (κ3) is 13.1. The lowest BCUT2D eigenvalue weighted by molar-refractivity contribution is 0.192. The van der Waals surface area contributed by atoms with Gasteiger partial charge in [-0.1, -0.05) is 9.13 Å². The van der Waals surface area contributed by atoms with Crippen LogP contribution in [0.1, 0.15) is 13.8 Å². The molecular weight excluding hydrogens is 325 g/mol. The van der Waals surface area contributed by atoms with Crippen molar-refractivity contribution >= 4 is 23.9 Å². The van der Waals surface area contributed by atoms with Gasteiger partial charge in [0.1, 0.15) is 13.2 Å². The van der Waals surface area contributed by atoms with Crippen LogP contribution in [0, 0.1) is 0 Å². The summed E-state index contributed by atoms with van der Waals surface area (Å²) in [6.07, 6.45) is 0.923. The van der Waals surface area contributed by atoms with E-state index in [1.54, 1.807) is 0 Å². The molecular formula is C10H22O7P3+3. The maximum atomic E-state index is 11.3. The molecule has 0 aromatic heterocycles. The Hall–Kier alpha value is 0.140. The molecule has 10 heteroatoms. The lowest BCUT2D eigenvalue weighted by atomic mass is 10.9. The lowest BCUT2D eigenvalue weighted by Crippen LogP contribution is -1.98. The monoisotopic (exact) mass is 347 g/mol. The van der Waals surface area contributed by atoms with Crippen molar-refractivity contribution in [2.24, 2.45) is 0 Å². The van der Waals surface area contributed by atoms with Gasteiger partial charge < -0.3 is 9.47 Å². The highest BCUT2D eigenvalue weighted by Gasteiger charge is 2.26. The van der Waals surface area contributed by atoms with Crippen molar-refractivity contribution in [3.05, 3.63) is 0 Å². The summed E-state index contributed by atoms with van der Waals surface area (Å²) in [5.74, 6) is 0. The van der Waals surface area contributed by atoms with Crippen LogP contribution in [-0.2, 0) is 32.2 Å². The molecule has 0 rings (SSSR count). The first-order chi connectivity index (χ1) is 9.60. The summed E-state index contributed by atoms with van der Waals surface area (Å²) in [4.78, 5) is 0. The van der Waals surface area contributed by atoms with Crippen LogP contribution >= 0.6 is 23.9 Å². The van der Waals surface area contributed by atoms with E-state index in [0.717, 1.165) is 0 Å². The van der Waals surface area contributed by atoms with Gasteiger partial charge in [0, 0.05) is 17.8 Å². The largest absolute Gasteiger partial charge is 0.697 e. The fraction of sp³-hybridized carbons (Fsp3) is 1.00. The van der Waals surface area contributed by atoms with Gasteiger partial charge in [0.25, 0.3) is 0 Å². The molecule has 0 heterocycles. The predicted octanol–water partition coefficient (Wildman–Crippen LogP) is 3.32. The normalized spacial score (nSPS) is 13.2. The number of hydrogen-bond donors (Lipinski definition) is 0. The van der Waals surface area contributed by atoms with E-state index in [1.807, 2.05) is 13.8 Å². The van der Waals surface area contributed by atoms with Crippen LogP contribution in [0.25, 0.3) is 0 Å². The molecule has 0 aromatic carbocycles. The van der Waals surface area contributed by atoms with Crippen LogP contribution in [0.3, 0.4) is 0 Å². The third-order valence-electron chi connectivity index (χ3n) is 1.95. The van der Waals surface area contributed by atoms with Crippen LogP contribution in [0.4, 0.5) is 0 Å². The Morgan fingerprint density at radius 1 is 0.750 bits per heavy atom. The molecule has 2 unspecified atom stereocenters. The standard InChI is InChI=1S/C10H22O7P3/c1-3-14-9-18(11)7-5-16-20(13)17-6-8-19(12)10-15-4-2/h3-10H2,1-2H3/q+3. The maximum absolute atomic E-state index is 11.3. The second-order valence-electron chi connectivity index (χ2n) is 3.54. The second kappa shape index (κ2) is 14.1. The Kier molecular flexibility index (Phi) is 14.2. The molecule has 0 aromatic rings. The molecule has 7 nitrogen and oxygen atoms in total. The van der Waals surface area contributed by atoms with E-state index >= 15 is 0 Å². The average molecular weight is 347 g/mol. The van der Waals surface area contributed by atoms with Crippen molar-refractivity contribution in [1.82, 2.24) is 0 Å². The zero-order chi connectivity index (χ0) is 15.2. The van der Waals surface area contributed by atoms with Crippen LogP contribution in [0.15, 0.2) is 0 Å². The second-order valence-corrected chi connectivity index (χ2v) is 7.85. The van der Waals surface area contributed by atoms with Crippen molar-refractivity contribution in [3.8, 4) is 0 Å². The first kappa shape index (κ1) is 20.1. The summed E-state index contributed by atoms with van der Waals surface area (Å²) in [5, 5.41) is 0. The zero-order valence-electron chi connectivity index (χ0n) is 11.9. The first-order valence-electron chi connectivity index (χ1n) is 6.32. The Morgan fingerprint density at radius 3 is 1.50 bits per heavy atom. The highest BCUT2D eigenvalue weighted by molar-refractivity contribution is 7.44. The SMILES string of the molecule is CCOC[P+](=O)CCO[P+](=O)OCC[P+](=O)COCC. The molecule has 0 saturated carbocycles. The van der Waals surface area contributed by atoms with Gasteiger partial charge in [-0.15, -0.1) is 9.05 Å². The summed E-state index contributed by atoms with van der Waals surface area (Å²) in [6, 6.07) is 0. The van der Waals surface area contributed by atoms with Gasteiger partial charge in [-0.05, 0) is 13.8 Å². The summed E-state index contributed by atoms with van der Waals surface area (Å²) in [7, 11) is -5.24. The Balaban J connectivity index is 3.50. The smallest absolute Gasteiger partial charge is 0.338 e. The molecule has 0 saturated heterocycles. The number of hydrogen-bond acceptors (Lipinski definition) is 7. The van der Waals surface area contributed by atoms with Crippen molar-refractivity contribution in [1.29, 1.82) is 0 Å². The minimum atomic E-state index is -2.26. The predicted molar refractivity (Wildman–Crippen MR) is 77.4 cm³/mol. The van der Waals surface area contributed by atoms with Crippen molar-refractivity contribution in [2.75, 3.05) is 51.4 Å². The lowest BCUT2D eigenvalue weighted by Gasteiger charge is -1.90. The molecule has 0 aliphatic carbocycles. The van der Waals surface area contributed by atoms with Crippen LogP contribution < -0.4 is 0 Å². The van der Waals surface area contributed by atoms with Gasteiger partial charge in [0.2, 0.25) is 12.7 Å². The molecule has 116 valence electrons. The van der Waals surface area contributed by atoms with Crippen LogP contribution in [0.5, 0.6) is 0 Å². The van der Waals surface area contributed by atoms with E-state index in [1.165, 1.54) is 0 Å². The van der Waals surface area contributed by atoms with E-state index in [9.17, 15) is 13.7 Å². The van der Waals surface area contributed by atoms with E-state index in [2.05, 4.69) is 0 Å². The molecule has 0 aliphatic rings. The van der Waals surface area contributed by atoms with Gasteiger partial charge in [0.05, 0.1) is 0 Å². The quantitative estimate of drug-likeness (QED) is 0.445. The molecule has 20 heavy (non-hydrogen) atoms. The van der Waals surface area contributed by atoms with E-state index in [4.69, 9.17) is 18.5 Å². The summed E-state index contributed by atoms with van der Waals surface area (Å²) in [6.45, 7) is 4.84. The highest BCUT2D eigenvalue weighted by Crippen LogP contribution is 2.28. The molecule has 0 amide bonds. The minimum absolute atomic E-state index is 0.0859. The van der Waals surface area contributed by atoms with Gasteiger partial charge in [-0.2, -0.15) is 0 Å². The highest BCUT2D eigenvalue weighted by atomic mass is 31.1. The van der Waals surface area contributed by atoms with Crippen molar-refractivity contribution in [2.45, 2.75) is 13.8 Å². The Morgan fingerprint density at radius 2 is 1.15 bits per heavy atom. The van der Waals surface area contributed by atoms with Crippen molar-refractivity contribution < 1.29 is 32.2 Å². The zero-order valence-corrected chi connectivity index (χ0v) is 14.5. The average Bonchev–Trinajstić information content (AvgIpc) is 2.42. The van der Waals surface area contributed by atoms with Gasteiger partial charge in [-0.25, -0.2) is 0 Å². The molecule has 0 fully saturated rings. The molecule has 0 bridgehead atoms. The summed E-state index contributed by atoms with van der Waals surface area (Å²) in [5.41, 5.74) is 0. The number of rotatable bonds is 14. The molecule has 2 atom stereocenters. The minimum Gasteiger partial charge on any atom is -0.338 e. The third-order valence-corrected chi connectivity index (χ3v) is 5.04. The fourth-order valence-electron chi connectivity index (χ4n) is 0.987. The molecule has 0 N–H and O–H groups in total. The maximum Gasteiger partial charge on any atom is 0.697 e. The van der Waals surface area contributed by atoms with Gasteiger partial charge >= 0.3 is 23.9 Å². The molecule has 0 spiro atoms. The summed E-state index contributed by atoms with van der Waals surface area (Å²) >= 11 is 0. The van der Waals surface area contributed by atoms with Gasteiger partial charge in [-0.3, -0.25) is 0 Å². The number of ether oxygens (including phenoxy) is 2. The van der Waals surface area contributed by atoms with E-state index in [0.29, 0.717) is 13.2 Å². The van der Waals surface area contributed by atoms with Crippen molar-refractivity contribution in [3.63, 3.8) is 0 Å². The molecule has 0 aliphatic heterocycles. The first-order valence-corrected chi connectivity index (χ1v) is 10.7. The Bertz CT molecular complexity index is 283. The van der Waals surface area contributed by atoms with Crippen LogP contribution in [-0.4, -0.2) is 51.4 Å². The Labute approximate surface area is 122 Å². The summed E-state index contributed by atoms with van der Waals surface area (Å²) < 4.78 is 53.7.